The van der Waals surface area contributed by atoms with Crippen molar-refractivity contribution in [2.45, 2.75) is 84.9 Å². The zero-order valence-corrected chi connectivity index (χ0v) is 25.1. The number of aryl methyl sites for hydroxylation is 1. The minimum atomic E-state index is -1.35. The van der Waals surface area contributed by atoms with E-state index >= 15 is 0 Å². The maximum atomic E-state index is 13.4. The number of carbonyl (C=O) groups is 2. The Kier molecular flexibility index (Phi) is 9.66. The number of hydrogen-bond donors (Lipinski definition) is 0. The van der Waals surface area contributed by atoms with Crippen molar-refractivity contribution >= 4 is 22.9 Å². The van der Waals surface area contributed by atoms with Crippen molar-refractivity contribution in [3.63, 3.8) is 0 Å². The minimum Gasteiger partial charge on any atom is -0.461 e. The molecule has 0 aromatic heterocycles. The predicted molar refractivity (Wildman–Crippen MR) is 170 cm³/mol. The van der Waals surface area contributed by atoms with E-state index < -0.39 is 6.36 Å². The molecular weight excluding hydrogens is 525 g/mol. The molecule has 3 aliphatic rings. The lowest BCUT2D eigenvalue weighted by Crippen LogP contribution is -2.26. The molecular formula is C37H44FNO3. The first kappa shape index (κ1) is 29.9. The van der Waals surface area contributed by atoms with Crippen LogP contribution in [0.4, 0.5) is 4.39 Å². The van der Waals surface area contributed by atoms with Gasteiger partial charge in [-0.2, -0.15) is 0 Å². The first-order valence-corrected chi connectivity index (χ1v) is 15.6. The van der Waals surface area contributed by atoms with E-state index in [2.05, 4.69) is 37.3 Å². The summed E-state index contributed by atoms with van der Waals surface area (Å²) in [7, 11) is 0. The van der Waals surface area contributed by atoms with E-state index in [0.29, 0.717) is 18.0 Å². The van der Waals surface area contributed by atoms with Gasteiger partial charge in [0.25, 0.3) is 0 Å². The van der Waals surface area contributed by atoms with Crippen LogP contribution in [0.1, 0.15) is 93.7 Å². The summed E-state index contributed by atoms with van der Waals surface area (Å²) < 4.78 is 18.3. The summed E-state index contributed by atoms with van der Waals surface area (Å²) in [6, 6.07) is 13.7. The van der Waals surface area contributed by atoms with Crippen LogP contribution in [0.2, 0.25) is 0 Å². The van der Waals surface area contributed by atoms with E-state index in [1.54, 1.807) is 12.1 Å². The van der Waals surface area contributed by atoms with Crippen LogP contribution in [0.25, 0.3) is 5.57 Å². The van der Waals surface area contributed by atoms with Crippen LogP contribution in [0.15, 0.2) is 77.5 Å². The molecule has 1 heterocycles. The number of alkyl halides is 1. The molecule has 0 bridgehead atoms. The number of ketones is 2. The number of unbranched alkanes of at least 4 members (excludes halogenated alkanes) is 2. The zero-order chi connectivity index (χ0) is 29.6. The summed E-state index contributed by atoms with van der Waals surface area (Å²) in [6.07, 6.45) is 14.9. The van der Waals surface area contributed by atoms with Gasteiger partial charge in [0.2, 0.25) is 6.36 Å². The number of hydrogen-bond acceptors (Lipinski definition) is 4. The molecule has 2 aromatic carbocycles. The Balaban J connectivity index is 0.00000423. The van der Waals surface area contributed by atoms with E-state index in [1.807, 2.05) is 31.3 Å². The van der Waals surface area contributed by atoms with Crippen molar-refractivity contribution in [1.29, 1.82) is 0 Å². The Morgan fingerprint density at radius 3 is 2.48 bits per heavy atom. The average Bonchev–Trinajstić information content (AvgIpc) is 3.42. The molecule has 0 N–H and O–H groups in total. The van der Waals surface area contributed by atoms with Crippen LogP contribution in [0, 0.1) is 24.7 Å². The first-order chi connectivity index (χ1) is 20.3. The van der Waals surface area contributed by atoms with Gasteiger partial charge in [0.1, 0.15) is 11.5 Å². The molecule has 5 rings (SSSR count). The molecule has 222 valence electrons. The molecule has 4 nitrogen and oxygen atoms in total. The molecule has 5 heteroatoms. The number of Topliss-reactive ketones (excluding diaryl/α,β-unsaturated/α-hetero) is 2. The number of aliphatic imine (C=N–C) groups is 1. The Morgan fingerprint density at radius 2 is 1.79 bits per heavy atom. The number of nitrogens with zero attached hydrogens (tertiary/aromatic N) is 1. The number of benzene rings is 2. The highest BCUT2D eigenvalue weighted by Gasteiger charge is 2.31. The Morgan fingerprint density at radius 1 is 1.05 bits per heavy atom. The number of fused-ring (bicyclic) bond motifs is 1. The molecule has 2 aliphatic carbocycles. The van der Waals surface area contributed by atoms with Gasteiger partial charge in [0, 0.05) is 44.3 Å². The molecule has 2 aromatic rings. The third-order valence-corrected chi connectivity index (χ3v) is 8.92. The molecule has 0 radical (unpaired) electrons. The van der Waals surface area contributed by atoms with Gasteiger partial charge in [-0.25, -0.2) is 4.39 Å². The average molecular weight is 570 g/mol. The van der Waals surface area contributed by atoms with Crippen molar-refractivity contribution in [2.75, 3.05) is 0 Å². The fourth-order valence-electron chi connectivity index (χ4n) is 6.59. The third-order valence-electron chi connectivity index (χ3n) is 8.92. The second-order valence-corrected chi connectivity index (χ2v) is 12.0. The number of halogens is 1. The highest BCUT2D eigenvalue weighted by atomic mass is 19.1. The van der Waals surface area contributed by atoms with E-state index in [9.17, 15) is 14.0 Å². The maximum absolute atomic E-state index is 13.4. The Labute approximate surface area is 251 Å². The van der Waals surface area contributed by atoms with Crippen LogP contribution in [0.3, 0.4) is 0 Å². The quantitative estimate of drug-likeness (QED) is 0.189. The topological polar surface area (TPSA) is 55.7 Å². The maximum Gasteiger partial charge on any atom is 0.235 e. The highest BCUT2D eigenvalue weighted by molar-refractivity contribution is 6.13. The molecule has 42 heavy (non-hydrogen) atoms. The van der Waals surface area contributed by atoms with Gasteiger partial charge in [-0.05, 0) is 85.4 Å². The van der Waals surface area contributed by atoms with Crippen LogP contribution in [-0.4, -0.2) is 23.6 Å². The third kappa shape index (κ3) is 6.88. The van der Waals surface area contributed by atoms with Gasteiger partial charge in [0.05, 0.1) is 5.71 Å². The zero-order valence-electron chi connectivity index (χ0n) is 25.1. The van der Waals surface area contributed by atoms with Gasteiger partial charge < -0.3 is 4.74 Å². The van der Waals surface area contributed by atoms with Crippen molar-refractivity contribution in [1.82, 2.24) is 0 Å². The van der Waals surface area contributed by atoms with E-state index in [0.717, 1.165) is 84.9 Å². The number of allylic oxidation sites excluding steroid dienone is 5. The smallest absolute Gasteiger partial charge is 0.235 e. The molecule has 0 saturated heterocycles. The molecule has 2 unspecified atom stereocenters. The highest BCUT2D eigenvalue weighted by Crippen LogP contribution is 2.37. The fourth-order valence-corrected chi connectivity index (χ4v) is 6.59. The van der Waals surface area contributed by atoms with Crippen molar-refractivity contribution in [3.8, 4) is 5.75 Å². The summed E-state index contributed by atoms with van der Waals surface area (Å²) in [5, 5.41) is 0. The summed E-state index contributed by atoms with van der Waals surface area (Å²) in [5.41, 5.74) is 7.34. The summed E-state index contributed by atoms with van der Waals surface area (Å²) in [5.74, 6) is 1.36. The van der Waals surface area contributed by atoms with Crippen molar-refractivity contribution < 1.29 is 20.1 Å². The van der Waals surface area contributed by atoms with Crippen LogP contribution in [0.5, 0.6) is 5.75 Å². The molecule has 0 spiro atoms. The van der Waals surface area contributed by atoms with E-state index in [4.69, 9.17) is 9.73 Å². The lowest BCUT2D eigenvalue weighted by molar-refractivity contribution is -0.124. The monoisotopic (exact) mass is 569 g/mol. The second kappa shape index (κ2) is 13.6. The lowest BCUT2D eigenvalue weighted by atomic mass is 9.76. The van der Waals surface area contributed by atoms with Crippen LogP contribution >= 0.6 is 0 Å². The molecule has 1 fully saturated rings. The SMILES string of the molecule is CCCCCC(=O)C1CCC(C(=O)c2ccc(CC3=CC=CC4C(c5ccc(OC(C)F)cc5)=CN=C34)cc2C)CC1.[HH]. The van der Waals surface area contributed by atoms with Gasteiger partial charge in [-0.1, -0.05) is 68.3 Å². The Hall–Kier alpha value is -3.60. The molecule has 0 amide bonds. The fraction of sp³-hybridized carbons (Fsp3) is 0.432. The molecule has 1 saturated carbocycles. The van der Waals surface area contributed by atoms with Crippen molar-refractivity contribution in [2.24, 2.45) is 22.7 Å². The second-order valence-electron chi connectivity index (χ2n) is 12.0. The summed E-state index contributed by atoms with van der Waals surface area (Å²) in [4.78, 5) is 30.8. The number of rotatable bonds is 12. The van der Waals surface area contributed by atoms with Gasteiger partial charge >= 0.3 is 0 Å². The van der Waals surface area contributed by atoms with Crippen molar-refractivity contribution in [3.05, 3.63) is 94.7 Å². The minimum absolute atomic E-state index is 0. The van der Waals surface area contributed by atoms with Gasteiger partial charge in [0.15, 0.2) is 5.78 Å². The van der Waals surface area contributed by atoms with Gasteiger partial charge in [-0.15, -0.1) is 0 Å². The van der Waals surface area contributed by atoms with Crippen LogP contribution in [-0.2, 0) is 11.2 Å². The predicted octanol–water partition coefficient (Wildman–Crippen LogP) is 9.22. The van der Waals surface area contributed by atoms with E-state index in [1.165, 1.54) is 12.5 Å². The molecule has 2 atom stereocenters. The normalized spacial score (nSPS) is 22.1. The van der Waals surface area contributed by atoms with E-state index in [-0.39, 0.29) is 25.0 Å². The Bertz CT molecular complexity index is 1430. The summed E-state index contributed by atoms with van der Waals surface area (Å²) in [6.45, 7) is 5.55. The standard InChI is InChI=1S/C37H42FNO3.H2/c1-4-5-6-10-35(40)28-12-14-29(15-13-28)37(41)32-20-11-26(21-24(32)2)22-30-8-7-9-33-34(23-39-36(30)33)27-16-18-31(19-17-27)42-25(3)38;/h7-9,11,16-21,23,25,28-29,33H,4-6,10,12-15,22H2,1-3H3;1H. The van der Waals surface area contributed by atoms with Gasteiger partial charge in [-0.3, -0.25) is 14.6 Å². The number of ether oxygens (including phenoxy) is 1. The molecule has 1 aliphatic heterocycles. The van der Waals surface area contributed by atoms with Crippen LogP contribution < -0.4 is 4.74 Å². The lowest BCUT2D eigenvalue weighted by Gasteiger charge is -2.27. The summed E-state index contributed by atoms with van der Waals surface area (Å²) >= 11 is 0. The largest absolute Gasteiger partial charge is 0.461 e. The number of carbonyl (C=O) groups excluding carboxylic acids is 2. The first-order valence-electron chi connectivity index (χ1n) is 15.6.